The van der Waals surface area contributed by atoms with Gasteiger partial charge in [0.25, 0.3) is 0 Å². The predicted molar refractivity (Wildman–Crippen MR) is 122 cm³/mol. The standard InChI is InChI=1S/C24H23N5O3/c1-18(30)32-24-12-8-22(9-13-24)28-26-20-4-2-19(3-5-20)25-27-21-6-10-23(11-7-21)29-14-16-31-17-15-29/h2-13H,14-17H2,1H3. The van der Waals surface area contributed by atoms with Gasteiger partial charge in [0.05, 0.1) is 36.0 Å². The highest BCUT2D eigenvalue weighted by atomic mass is 16.5. The number of benzene rings is 3. The van der Waals surface area contributed by atoms with E-state index in [0.717, 1.165) is 37.7 Å². The first-order valence-electron chi connectivity index (χ1n) is 10.3. The van der Waals surface area contributed by atoms with Gasteiger partial charge in [-0.15, -0.1) is 0 Å². The number of rotatable bonds is 6. The summed E-state index contributed by atoms with van der Waals surface area (Å²) in [6, 6.07) is 22.2. The summed E-state index contributed by atoms with van der Waals surface area (Å²) in [6.07, 6.45) is 0. The average molecular weight is 429 g/mol. The van der Waals surface area contributed by atoms with Crippen LogP contribution < -0.4 is 9.64 Å². The maximum Gasteiger partial charge on any atom is 0.308 e. The van der Waals surface area contributed by atoms with E-state index in [9.17, 15) is 4.79 Å². The Labute approximate surface area is 186 Å². The molecule has 0 unspecified atom stereocenters. The number of hydrogen-bond acceptors (Lipinski definition) is 8. The van der Waals surface area contributed by atoms with Gasteiger partial charge in [-0.25, -0.2) is 0 Å². The Balaban J connectivity index is 1.33. The molecule has 8 nitrogen and oxygen atoms in total. The summed E-state index contributed by atoms with van der Waals surface area (Å²) in [5, 5.41) is 17.0. The van der Waals surface area contributed by atoms with Gasteiger partial charge in [-0.3, -0.25) is 4.79 Å². The third-order valence-electron chi connectivity index (χ3n) is 4.74. The zero-order chi connectivity index (χ0) is 22.2. The molecule has 0 N–H and O–H groups in total. The molecular weight excluding hydrogens is 406 g/mol. The Morgan fingerprint density at radius 2 is 1.12 bits per heavy atom. The molecule has 0 aliphatic carbocycles. The highest BCUT2D eigenvalue weighted by Gasteiger charge is 2.10. The number of hydrogen-bond donors (Lipinski definition) is 0. The van der Waals surface area contributed by atoms with Gasteiger partial charge < -0.3 is 14.4 Å². The molecule has 4 rings (SSSR count). The summed E-state index contributed by atoms with van der Waals surface area (Å²) < 4.78 is 10.4. The van der Waals surface area contributed by atoms with Crippen molar-refractivity contribution in [2.24, 2.45) is 20.5 Å². The van der Waals surface area contributed by atoms with Crippen LogP contribution in [0.1, 0.15) is 6.92 Å². The molecule has 0 spiro atoms. The van der Waals surface area contributed by atoms with Gasteiger partial charge in [-0.1, -0.05) is 0 Å². The maximum absolute atomic E-state index is 11.0. The van der Waals surface area contributed by atoms with Gasteiger partial charge in [-0.2, -0.15) is 20.5 Å². The van der Waals surface area contributed by atoms with E-state index < -0.39 is 0 Å². The molecule has 32 heavy (non-hydrogen) atoms. The summed E-state index contributed by atoms with van der Waals surface area (Å²) in [6.45, 7) is 4.70. The quantitative estimate of drug-likeness (QED) is 0.262. The van der Waals surface area contributed by atoms with Crippen molar-refractivity contribution in [3.63, 3.8) is 0 Å². The molecule has 1 fully saturated rings. The highest BCUT2D eigenvalue weighted by molar-refractivity contribution is 5.69. The molecule has 8 heteroatoms. The lowest BCUT2D eigenvalue weighted by Crippen LogP contribution is -2.36. The van der Waals surface area contributed by atoms with E-state index in [0.29, 0.717) is 17.1 Å². The van der Waals surface area contributed by atoms with Crippen LogP contribution in [0.3, 0.4) is 0 Å². The molecule has 1 heterocycles. The van der Waals surface area contributed by atoms with E-state index in [1.54, 1.807) is 24.3 Å². The van der Waals surface area contributed by atoms with Crippen LogP contribution in [0, 0.1) is 0 Å². The van der Waals surface area contributed by atoms with Crippen LogP contribution >= 0.6 is 0 Å². The van der Waals surface area contributed by atoms with E-state index >= 15 is 0 Å². The monoisotopic (exact) mass is 429 g/mol. The van der Waals surface area contributed by atoms with Crippen LogP contribution in [0.15, 0.2) is 93.3 Å². The smallest absolute Gasteiger partial charge is 0.308 e. The van der Waals surface area contributed by atoms with Crippen LogP contribution in [0.5, 0.6) is 5.75 Å². The predicted octanol–water partition coefficient (Wildman–Crippen LogP) is 6.28. The molecule has 3 aromatic rings. The summed E-state index contributed by atoms with van der Waals surface area (Å²) in [7, 11) is 0. The Kier molecular flexibility index (Phi) is 6.94. The van der Waals surface area contributed by atoms with Crippen LogP contribution in [0.25, 0.3) is 0 Å². The summed E-state index contributed by atoms with van der Waals surface area (Å²) in [4.78, 5) is 13.3. The first-order chi connectivity index (χ1) is 15.7. The van der Waals surface area contributed by atoms with Crippen LogP contribution in [-0.2, 0) is 9.53 Å². The largest absolute Gasteiger partial charge is 0.427 e. The van der Waals surface area contributed by atoms with Crippen LogP contribution in [0.4, 0.5) is 28.4 Å². The number of carbonyl (C=O) groups excluding carboxylic acids is 1. The zero-order valence-electron chi connectivity index (χ0n) is 17.7. The van der Waals surface area contributed by atoms with Crippen LogP contribution in [0.2, 0.25) is 0 Å². The van der Waals surface area contributed by atoms with Gasteiger partial charge in [0.2, 0.25) is 0 Å². The second kappa shape index (κ2) is 10.4. The van der Waals surface area contributed by atoms with E-state index in [2.05, 4.69) is 37.5 Å². The molecular formula is C24H23N5O3. The number of azo groups is 2. The number of carbonyl (C=O) groups is 1. The van der Waals surface area contributed by atoms with Crippen molar-refractivity contribution in [3.8, 4) is 5.75 Å². The van der Waals surface area contributed by atoms with Crippen LogP contribution in [-0.4, -0.2) is 32.3 Å². The molecule has 0 radical (unpaired) electrons. The van der Waals surface area contributed by atoms with Crippen molar-refractivity contribution >= 4 is 34.4 Å². The Morgan fingerprint density at radius 1 is 0.719 bits per heavy atom. The highest BCUT2D eigenvalue weighted by Crippen LogP contribution is 2.25. The van der Waals surface area contributed by atoms with Gasteiger partial charge in [0.15, 0.2) is 0 Å². The Bertz CT molecular complexity index is 1090. The topological polar surface area (TPSA) is 88.2 Å². The normalized spacial score (nSPS) is 14.2. The van der Waals surface area contributed by atoms with Crippen molar-refractivity contribution in [2.45, 2.75) is 6.92 Å². The van der Waals surface area contributed by atoms with E-state index in [4.69, 9.17) is 9.47 Å². The van der Waals surface area contributed by atoms with E-state index in [1.807, 2.05) is 36.4 Å². The lowest BCUT2D eigenvalue weighted by Gasteiger charge is -2.28. The van der Waals surface area contributed by atoms with Gasteiger partial charge in [0.1, 0.15) is 5.75 Å². The van der Waals surface area contributed by atoms with Crippen molar-refractivity contribution in [1.82, 2.24) is 0 Å². The fraction of sp³-hybridized carbons (Fsp3) is 0.208. The second-order valence-electron chi connectivity index (χ2n) is 7.12. The Morgan fingerprint density at radius 3 is 1.56 bits per heavy atom. The lowest BCUT2D eigenvalue weighted by molar-refractivity contribution is -0.131. The first kappa shape index (κ1) is 21.3. The maximum atomic E-state index is 11.0. The van der Waals surface area contributed by atoms with Crippen molar-refractivity contribution in [2.75, 3.05) is 31.2 Å². The molecule has 1 saturated heterocycles. The fourth-order valence-electron chi connectivity index (χ4n) is 3.12. The SMILES string of the molecule is CC(=O)Oc1ccc(N=Nc2ccc(N=Nc3ccc(N4CCOCC4)cc3)cc2)cc1. The molecule has 0 bridgehead atoms. The lowest BCUT2D eigenvalue weighted by atomic mass is 10.2. The number of morpholine rings is 1. The number of anilines is 1. The zero-order valence-corrected chi connectivity index (χ0v) is 17.7. The minimum Gasteiger partial charge on any atom is -0.427 e. The number of esters is 1. The van der Waals surface area contributed by atoms with E-state index in [-0.39, 0.29) is 5.97 Å². The Hall–Kier alpha value is -3.91. The number of ether oxygens (including phenoxy) is 2. The van der Waals surface area contributed by atoms with Gasteiger partial charge >= 0.3 is 5.97 Å². The molecule has 1 aliphatic rings. The average Bonchev–Trinajstić information content (AvgIpc) is 2.83. The third kappa shape index (κ3) is 6.05. The van der Waals surface area contributed by atoms with Crippen molar-refractivity contribution < 1.29 is 14.3 Å². The second-order valence-corrected chi connectivity index (χ2v) is 7.12. The molecule has 0 amide bonds. The molecule has 0 atom stereocenters. The summed E-state index contributed by atoms with van der Waals surface area (Å²) in [5.41, 5.74) is 4.05. The number of nitrogens with zero attached hydrogens (tertiary/aromatic N) is 5. The first-order valence-corrected chi connectivity index (χ1v) is 10.3. The molecule has 162 valence electrons. The minimum absolute atomic E-state index is 0.360. The minimum atomic E-state index is -0.360. The van der Waals surface area contributed by atoms with Gasteiger partial charge in [-0.05, 0) is 72.8 Å². The molecule has 0 saturated carbocycles. The molecule has 0 aromatic heterocycles. The van der Waals surface area contributed by atoms with Crippen molar-refractivity contribution in [3.05, 3.63) is 72.8 Å². The third-order valence-corrected chi connectivity index (χ3v) is 4.74. The fourth-order valence-corrected chi connectivity index (χ4v) is 3.12. The molecule has 1 aliphatic heterocycles. The summed E-state index contributed by atoms with van der Waals surface area (Å²) in [5.74, 6) is 0.114. The van der Waals surface area contributed by atoms with Gasteiger partial charge in [0, 0.05) is 25.7 Å². The van der Waals surface area contributed by atoms with E-state index in [1.165, 1.54) is 12.6 Å². The molecule has 3 aromatic carbocycles. The van der Waals surface area contributed by atoms with Crippen molar-refractivity contribution in [1.29, 1.82) is 0 Å². The summed E-state index contributed by atoms with van der Waals surface area (Å²) >= 11 is 0.